The summed E-state index contributed by atoms with van der Waals surface area (Å²) < 4.78 is 1.80. The van der Waals surface area contributed by atoms with E-state index in [0.29, 0.717) is 17.4 Å². The number of pyridine rings is 1. The molecule has 39 heavy (non-hydrogen) atoms. The Morgan fingerprint density at radius 2 is 1.95 bits per heavy atom. The first-order chi connectivity index (χ1) is 18.7. The van der Waals surface area contributed by atoms with E-state index in [4.69, 9.17) is 4.98 Å². The highest BCUT2D eigenvalue weighted by Crippen LogP contribution is 2.47. The van der Waals surface area contributed by atoms with Gasteiger partial charge in [0, 0.05) is 43.5 Å². The van der Waals surface area contributed by atoms with Gasteiger partial charge < -0.3 is 15.5 Å². The van der Waals surface area contributed by atoms with E-state index in [-0.39, 0.29) is 17.5 Å². The fourth-order valence-corrected chi connectivity index (χ4v) is 7.03. The van der Waals surface area contributed by atoms with Gasteiger partial charge in [0.15, 0.2) is 5.01 Å². The fraction of sp³-hybridized carbons (Fsp3) is 0.429. The molecule has 2 N–H and O–H groups in total. The van der Waals surface area contributed by atoms with E-state index in [9.17, 15) is 10.1 Å². The van der Waals surface area contributed by atoms with Crippen molar-refractivity contribution in [3.05, 3.63) is 42.2 Å². The Morgan fingerprint density at radius 1 is 1.18 bits per heavy atom. The number of carbonyl (C=O) groups is 1. The number of fused-ring (bicyclic) bond motifs is 3. The lowest BCUT2D eigenvalue weighted by molar-refractivity contribution is -0.121. The van der Waals surface area contributed by atoms with Gasteiger partial charge in [-0.1, -0.05) is 11.3 Å². The fourth-order valence-electron chi connectivity index (χ4n) is 6.15. The summed E-state index contributed by atoms with van der Waals surface area (Å²) >= 11 is 1.58. The van der Waals surface area contributed by atoms with Gasteiger partial charge >= 0.3 is 0 Å². The number of rotatable bonds is 6. The van der Waals surface area contributed by atoms with E-state index in [1.165, 1.54) is 0 Å². The molecule has 0 spiro atoms. The molecule has 200 valence electrons. The van der Waals surface area contributed by atoms with Gasteiger partial charge in [-0.2, -0.15) is 10.4 Å². The number of aromatic nitrogens is 5. The summed E-state index contributed by atoms with van der Waals surface area (Å²) in [5.74, 6) is 0.820. The van der Waals surface area contributed by atoms with Crippen LogP contribution in [0.15, 0.2) is 36.7 Å². The number of hydrogen-bond donors (Lipinski definition) is 2. The summed E-state index contributed by atoms with van der Waals surface area (Å²) in [6.07, 6.45) is 5.63. The van der Waals surface area contributed by atoms with Crippen molar-refractivity contribution in [2.45, 2.75) is 52.1 Å². The molecule has 1 saturated heterocycles. The Balaban J connectivity index is 1.30. The molecule has 6 rings (SSSR count). The van der Waals surface area contributed by atoms with Crippen LogP contribution < -0.4 is 15.5 Å². The first-order valence-corrected chi connectivity index (χ1v) is 14.1. The SMILES string of the molecule is CC(=O)N[C@@]1(C)[C@@H]2CC[C@H]1CN(c1nnc(-c3cnc(-c4ccc5cc(C#N)cnn45)cc3NC(C)C)s1)C2. The Hall–Kier alpha value is -4.04. The van der Waals surface area contributed by atoms with Gasteiger partial charge in [0.1, 0.15) is 6.07 Å². The van der Waals surface area contributed by atoms with Gasteiger partial charge in [0.2, 0.25) is 11.0 Å². The second-order valence-electron chi connectivity index (χ2n) is 11.1. The van der Waals surface area contributed by atoms with E-state index < -0.39 is 0 Å². The molecule has 2 aliphatic rings. The van der Waals surface area contributed by atoms with Crippen LogP contribution >= 0.6 is 11.3 Å². The summed E-state index contributed by atoms with van der Waals surface area (Å²) in [6, 6.07) is 10.1. The summed E-state index contributed by atoms with van der Waals surface area (Å²) in [6.45, 7) is 9.72. The summed E-state index contributed by atoms with van der Waals surface area (Å²) in [4.78, 5) is 19.0. The average Bonchev–Trinajstić information content (AvgIpc) is 3.57. The van der Waals surface area contributed by atoms with Crippen LogP contribution in [0, 0.1) is 23.2 Å². The number of nitrogens with one attached hydrogen (secondary N) is 2. The van der Waals surface area contributed by atoms with Crippen molar-refractivity contribution in [3.63, 3.8) is 0 Å². The first kappa shape index (κ1) is 25.2. The zero-order chi connectivity index (χ0) is 27.3. The van der Waals surface area contributed by atoms with Gasteiger partial charge in [-0.3, -0.25) is 9.78 Å². The van der Waals surface area contributed by atoms with Crippen molar-refractivity contribution in [2.24, 2.45) is 11.8 Å². The van der Waals surface area contributed by atoms with Crippen LogP contribution in [0.1, 0.15) is 46.1 Å². The smallest absolute Gasteiger partial charge is 0.217 e. The maximum absolute atomic E-state index is 11.9. The molecule has 1 aliphatic carbocycles. The number of hydrogen-bond acceptors (Lipinski definition) is 9. The van der Waals surface area contributed by atoms with Crippen LogP contribution in [0.5, 0.6) is 0 Å². The van der Waals surface area contributed by atoms with Crippen LogP contribution in [0.3, 0.4) is 0 Å². The monoisotopic (exact) mass is 541 g/mol. The zero-order valence-corrected chi connectivity index (χ0v) is 23.3. The molecule has 1 amide bonds. The van der Waals surface area contributed by atoms with Crippen LogP contribution in [0.4, 0.5) is 10.8 Å². The maximum atomic E-state index is 11.9. The summed E-state index contributed by atoms with van der Waals surface area (Å²) in [7, 11) is 0. The molecule has 11 heteroatoms. The number of carbonyl (C=O) groups excluding carboxylic acids is 1. The number of piperidine rings is 1. The Labute approximate surface area is 231 Å². The highest BCUT2D eigenvalue weighted by atomic mass is 32.1. The Kier molecular flexibility index (Phi) is 6.22. The Bertz CT molecular complexity index is 1590. The third kappa shape index (κ3) is 4.48. The van der Waals surface area contributed by atoms with Crippen molar-refractivity contribution >= 4 is 33.6 Å². The van der Waals surface area contributed by atoms with Gasteiger partial charge in [-0.25, -0.2) is 4.52 Å². The predicted octanol–water partition coefficient (Wildman–Crippen LogP) is 4.35. The third-order valence-electron chi connectivity index (χ3n) is 8.04. The van der Waals surface area contributed by atoms with Crippen LogP contribution in [0.25, 0.3) is 27.5 Å². The molecule has 1 saturated carbocycles. The lowest BCUT2D eigenvalue weighted by Crippen LogP contribution is -2.61. The third-order valence-corrected chi connectivity index (χ3v) is 9.06. The summed E-state index contributed by atoms with van der Waals surface area (Å²) in [5, 5.41) is 31.3. The molecule has 2 fully saturated rings. The quantitative estimate of drug-likeness (QED) is 0.369. The topological polar surface area (TPSA) is 124 Å². The molecule has 0 unspecified atom stereocenters. The highest BCUT2D eigenvalue weighted by molar-refractivity contribution is 7.18. The van der Waals surface area contributed by atoms with Gasteiger partial charge in [0.05, 0.1) is 34.2 Å². The zero-order valence-electron chi connectivity index (χ0n) is 22.5. The second kappa shape index (κ2) is 9.61. The second-order valence-corrected chi connectivity index (χ2v) is 12.0. The van der Waals surface area contributed by atoms with Crippen molar-refractivity contribution in [3.8, 4) is 28.0 Å². The maximum Gasteiger partial charge on any atom is 0.217 e. The summed E-state index contributed by atoms with van der Waals surface area (Å²) in [5.41, 5.74) is 4.65. The van der Waals surface area contributed by atoms with Gasteiger partial charge in [-0.15, -0.1) is 10.2 Å². The first-order valence-electron chi connectivity index (χ1n) is 13.3. The van der Waals surface area contributed by atoms with Crippen LogP contribution in [-0.2, 0) is 4.79 Å². The lowest BCUT2D eigenvalue weighted by Gasteiger charge is -2.45. The van der Waals surface area contributed by atoms with E-state index in [1.807, 2.05) is 30.5 Å². The van der Waals surface area contributed by atoms with E-state index >= 15 is 0 Å². The molecule has 2 bridgehead atoms. The predicted molar refractivity (Wildman–Crippen MR) is 151 cm³/mol. The molecule has 3 atom stereocenters. The van der Waals surface area contributed by atoms with Crippen molar-refractivity contribution < 1.29 is 4.79 Å². The van der Waals surface area contributed by atoms with Crippen molar-refractivity contribution in [1.29, 1.82) is 5.26 Å². The largest absolute Gasteiger partial charge is 0.382 e. The normalized spacial score (nSPS) is 22.3. The van der Waals surface area contributed by atoms with Crippen LogP contribution in [-0.4, -0.2) is 55.4 Å². The molecule has 5 heterocycles. The standard InChI is InChI=1S/C28H31N9OS/c1-16(2)32-23-10-24(25-8-7-21-9-18(11-29)12-31-37(21)25)30-13-22(23)26-34-35-27(39-26)36-14-19-5-6-20(15-36)28(19,4)33-17(3)38/h7-10,12-13,16,19-20H,5-6,14-15H2,1-4H3,(H,30,32)(H,33,38)/t19-,20+,28+. The molecule has 0 aromatic carbocycles. The molecular formula is C28H31N9OS. The average molecular weight is 542 g/mol. The number of anilines is 2. The minimum Gasteiger partial charge on any atom is -0.382 e. The molecule has 4 aromatic heterocycles. The number of nitrogens with zero attached hydrogens (tertiary/aromatic N) is 7. The van der Waals surface area contributed by atoms with Gasteiger partial charge in [0.25, 0.3) is 0 Å². The Morgan fingerprint density at radius 3 is 2.64 bits per heavy atom. The molecule has 1 aliphatic heterocycles. The van der Waals surface area contributed by atoms with E-state index in [2.05, 4.69) is 57.7 Å². The van der Waals surface area contributed by atoms with Gasteiger partial charge in [-0.05, 0) is 69.7 Å². The molecule has 4 aromatic rings. The number of nitriles is 1. The minimum atomic E-state index is -0.155. The van der Waals surface area contributed by atoms with E-state index in [0.717, 1.165) is 64.2 Å². The molecular weight excluding hydrogens is 510 g/mol. The van der Waals surface area contributed by atoms with E-state index in [1.54, 1.807) is 29.0 Å². The van der Waals surface area contributed by atoms with Crippen molar-refractivity contribution in [2.75, 3.05) is 23.3 Å². The molecule has 10 nitrogen and oxygen atoms in total. The highest BCUT2D eigenvalue weighted by Gasteiger charge is 2.51. The number of amides is 1. The van der Waals surface area contributed by atoms with Crippen molar-refractivity contribution in [1.82, 2.24) is 30.1 Å². The minimum absolute atomic E-state index is 0.0398. The molecule has 0 radical (unpaired) electrons. The lowest BCUT2D eigenvalue weighted by atomic mass is 9.78. The van der Waals surface area contributed by atoms with Crippen LogP contribution in [0.2, 0.25) is 0 Å².